The molecule has 116 valence electrons. The molecule has 0 spiro atoms. The van der Waals surface area contributed by atoms with Gasteiger partial charge in [-0.15, -0.1) is 0 Å². The number of benzene rings is 1. The average Bonchev–Trinajstić information content (AvgIpc) is 2.86. The summed E-state index contributed by atoms with van der Waals surface area (Å²) < 4.78 is 10.6. The molecule has 1 fully saturated rings. The third kappa shape index (κ3) is 4.28. The molecule has 5 nitrogen and oxygen atoms in total. The number of amides is 1. The van der Waals surface area contributed by atoms with Gasteiger partial charge in [-0.2, -0.15) is 0 Å². The first-order valence-electron chi connectivity index (χ1n) is 7.29. The van der Waals surface area contributed by atoms with Crippen molar-refractivity contribution in [2.24, 2.45) is 0 Å². The summed E-state index contributed by atoms with van der Waals surface area (Å²) in [6.45, 7) is 6.37. The summed E-state index contributed by atoms with van der Waals surface area (Å²) >= 11 is 0. The van der Waals surface area contributed by atoms with Gasteiger partial charge in [0.25, 0.3) is 0 Å². The number of methoxy groups -OCH3 is 1. The summed E-state index contributed by atoms with van der Waals surface area (Å²) in [7, 11) is 1.64. The van der Waals surface area contributed by atoms with E-state index in [2.05, 4.69) is 5.32 Å². The molecule has 0 saturated carbocycles. The molecule has 0 aliphatic carbocycles. The van der Waals surface area contributed by atoms with Crippen LogP contribution in [-0.2, 0) is 4.74 Å². The van der Waals surface area contributed by atoms with Crippen LogP contribution in [0.1, 0.15) is 33.6 Å². The molecule has 5 heteroatoms. The lowest BCUT2D eigenvalue weighted by atomic mass is 10.2. The number of carbonyl (C=O) groups is 1. The Morgan fingerprint density at radius 2 is 1.95 bits per heavy atom. The molecule has 1 aromatic rings. The van der Waals surface area contributed by atoms with Crippen LogP contribution < -0.4 is 10.1 Å². The Kier molecular flexibility index (Phi) is 4.60. The SMILES string of the molecule is COc1ccc(N[C@@H]2CCCN2C(=O)OC(C)(C)C)cc1. The molecule has 1 N–H and O–H groups in total. The molecule has 0 bridgehead atoms. The van der Waals surface area contributed by atoms with Crippen molar-refractivity contribution in [3.8, 4) is 5.75 Å². The van der Waals surface area contributed by atoms with Gasteiger partial charge in [0.1, 0.15) is 17.5 Å². The Morgan fingerprint density at radius 3 is 2.52 bits per heavy atom. The zero-order chi connectivity index (χ0) is 15.5. The number of hydrogen-bond donors (Lipinski definition) is 1. The highest BCUT2D eigenvalue weighted by Crippen LogP contribution is 2.23. The van der Waals surface area contributed by atoms with Crippen LogP contribution >= 0.6 is 0 Å². The van der Waals surface area contributed by atoms with E-state index >= 15 is 0 Å². The zero-order valence-corrected chi connectivity index (χ0v) is 13.2. The van der Waals surface area contributed by atoms with E-state index in [1.807, 2.05) is 45.0 Å². The quantitative estimate of drug-likeness (QED) is 0.927. The number of ether oxygens (including phenoxy) is 2. The van der Waals surface area contributed by atoms with E-state index in [1.54, 1.807) is 12.0 Å². The third-order valence-corrected chi connectivity index (χ3v) is 3.30. The number of hydrogen-bond acceptors (Lipinski definition) is 4. The van der Waals surface area contributed by atoms with E-state index in [9.17, 15) is 4.79 Å². The first-order chi connectivity index (χ1) is 9.89. The molecular formula is C16H24N2O3. The maximum atomic E-state index is 12.2. The van der Waals surface area contributed by atoms with E-state index in [-0.39, 0.29) is 12.3 Å². The van der Waals surface area contributed by atoms with Gasteiger partial charge in [0, 0.05) is 12.2 Å². The van der Waals surface area contributed by atoms with Crippen LogP contribution in [0.4, 0.5) is 10.5 Å². The molecule has 21 heavy (non-hydrogen) atoms. The lowest BCUT2D eigenvalue weighted by molar-refractivity contribution is 0.0244. The van der Waals surface area contributed by atoms with Crippen molar-refractivity contribution in [2.75, 3.05) is 19.0 Å². The van der Waals surface area contributed by atoms with Gasteiger partial charge in [0.05, 0.1) is 7.11 Å². The van der Waals surface area contributed by atoms with Crippen molar-refractivity contribution in [3.63, 3.8) is 0 Å². The van der Waals surface area contributed by atoms with Gasteiger partial charge in [0.15, 0.2) is 0 Å². The van der Waals surface area contributed by atoms with Crippen LogP contribution in [0.15, 0.2) is 24.3 Å². The van der Waals surface area contributed by atoms with Gasteiger partial charge in [-0.1, -0.05) is 0 Å². The molecule has 1 heterocycles. The molecule has 1 saturated heterocycles. The van der Waals surface area contributed by atoms with Gasteiger partial charge < -0.3 is 14.8 Å². The average molecular weight is 292 g/mol. The number of likely N-dealkylation sites (tertiary alicyclic amines) is 1. The lowest BCUT2D eigenvalue weighted by Crippen LogP contribution is -2.43. The first-order valence-corrected chi connectivity index (χ1v) is 7.29. The molecule has 1 amide bonds. The maximum Gasteiger partial charge on any atom is 0.411 e. The number of anilines is 1. The molecule has 0 radical (unpaired) electrons. The molecule has 1 aliphatic rings. The second-order valence-corrected chi connectivity index (χ2v) is 6.20. The van der Waals surface area contributed by atoms with Crippen molar-refractivity contribution in [3.05, 3.63) is 24.3 Å². The molecule has 1 aliphatic heterocycles. The predicted octanol–water partition coefficient (Wildman–Crippen LogP) is 3.46. The Morgan fingerprint density at radius 1 is 1.29 bits per heavy atom. The van der Waals surface area contributed by atoms with Gasteiger partial charge in [0.2, 0.25) is 0 Å². The van der Waals surface area contributed by atoms with Crippen LogP contribution in [0.3, 0.4) is 0 Å². The van der Waals surface area contributed by atoms with E-state index < -0.39 is 5.60 Å². The second-order valence-electron chi connectivity index (χ2n) is 6.20. The van der Waals surface area contributed by atoms with E-state index in [1.165, 1.54) is 0 Å². The van der Waals surface area contributed by atoms with E-state index in [0.29, 0.717) is 0 Å². The molecule has 2 rings (SSSR count). The molecule has 1 atom stereocenters. The summed E-state index contributed by atoms with van der Waals surface area (Å²) in [6, 6.07) is 7.69. The third-order valence-electron chi connectivity index (χ3n) is 3.30. The fraction of sp³-hybridized carbons (Fsp3) is 0.562. The van der Waals surface area contributed by atoms with Crippen LogP contribution in [0.5, 0.6) is 5.75 Å². The van der Waals surface area contributed by atoms with E-state index in [4.69, 9.17) is 9.47 Å². The van der Waals surface area contributed by atoms with Crippen LogP contribution in [0.25, 0.3) is 0 Å². The Bertz CT molecular complexity index is 479. The summed E-state index contributed by atoms with van der Waals surface area (Å²) in [5.41, 5.74) is 0.501. The number of nitrogens with one attached hydrogen (secondary N) is 1. The smallest absolute Gasteiger partial charge is 0.411 e. The summed E-state index contributed by atoms with van der Waals surface area (Å²) in [4.78, 5) is 14.0. The zero-order valence-electron chi connectivity index (χ0n) is 13.2. The fourth-order valence-electron chi connectivity index (χ4n) is 2.34. The number of nitrogens with zero attached hydrogens (tertiary/aromatic N) is 1. The van der Waals surface area contributed by atoms with Crippen molar-refractivity contribution in [1.82, 2.24) is 4.90 Å². The predicted molar refractivity (Wildman–Crippen MR) is 82.6 cm³/mol. The summed E-state index contributed by atoms with van der Waals surface area (Å²) in [5, 5.41) is 3.38. The lowest BCUT2D eigenvalue weighted by Gasteiger charge is -2.29. The van der Waals surface area contributed by atoms with Crippen molar-refractivity contribution in [1.29, 1.82) is 0 Å². The molecule has 0 aromatic heterocycles. The van der Waals surface area contributed by atoms with Gasteiger partial charge in [-0.25, -0.2) is 4.79 Å². The minimum Gasteiger partial charge on any atom is -0.497 e. The Labute approximate surface area is 126 Å². The maximum absolute atomic E-state index is 12.2. The highest BCUT2D eigenvalue weighted by molar-refractivity contribution is 5.69. The largest absolute Gasteiger partial charge is 0.497 e. The second kappa shape index (κ2) is 6.24. The first kappa shape index (κ1) is 15.5. The minimum absolute atomic E-state index is 0.0201. The fourth-order valence-corrected chi connectivity index (χ4v) is 2.34. The van der Waals surface area contributed by atoms with Crippen molar-refractivity contribution >= 4 is 11.8 Å². The number of rotatable bonds is 3. The normalized spacial score (nSPS) is 18.5. The van der Waals surface area contributed by atoms with E-state index in [0.717, 1.165) is 30.8 Å². The highest BCUT2D eigenvalue weighted by atomic mass is 16.6. The Hall–Kier alpha value is -1.91. The number of carbonyl (C=O) groups excluding carboxylic acids is 1. The molecule has 0 unspecified atom stereocenters. The minimum atomic E-state index is -0.468. The van der Waals surface area contributed by atoms with Crippen molar-refractivity contribution < 1.29 is 14.3 Å². The van der Waals surface area contributed by atoms with Crippen LogP contribution in [0, 0.1) is 0 Å². The van der Waals surface area contributed by atoms with Crippen molar-refractivity contribution in [2.45, 2.75) is 45.4 Å². The van der Waals surface area contributed by atoms with Crippen LogP contribution in [-0.4, -0.2) is 36.4 Å². The van der Waals surface area contributed by atoms with Gasteiger partial charge >= 0.3 is 6.09 Å². The van der Waals surface area contributed by atoms with Gasteiger partial charge in [-0.3, -0.25) is 4.90 Å². The van der Waals surface area contributed by atoms with Crippen LogP contribution in [0.2, 0.25) is 0 Å². The topological polar surface area (TPSA) is 50.8 Å². The molecule has 1 aromatic carbocycles. The van der Waals surface area contributed by atoms with Gasteiger partial charge in [-0.05, 0) is 57.9 Å². The summed E-state index contributed by atoms with van der Waals surface area (Å²) in [5.74, 6) is 0.816. The molecular weight excluding hydrogens is 268 g/mol. The summed E-state index contributed by atoms with van der Waals surface area (Å²) in [6.07, 6.45) is 1.62. The highest BCUT2D eigenvalue weighted by Gasteiger charge is 2.32. The Balaban J connectivity index is 1.99. The monoisotopic (exact) mass is 292 g/mol. The standard InChI is InChI=1S/C16H24N2O3/c1-16(2,3)21-15(19)18-11-5-6-14(18)17-12-7-9-13(20-4)10-8-12/h7-10,14,17H,5-6,11H2,1-4H3/t14-/m0/s1.